The molecule has 1 aromatic heterocycles. The lowest BCUT2D eigenvalue weighted by molar-refractivity contribution is 0.786. The first-order chi connectivity index (χ1) is 5.93. The van der Waals surface area contributed by atoms with Crippen molar-refractivity contribution in [1.29, 1.82) is 0 Å². The van der Waals surface area contributed by atoms with Gasteiger partial charge in [0.15, 0.2) is 0 Å². The molecule has 0 spiro atoms. The molecule has 0 saturated heterocycles. The monoisotopic (exact) mass is 219 g/mol. The third-order valence-electron chi connectivity index (χ3n) is 1.38. The number of nitrogens with zero attached hydrogens (tertiary/aromatic N) is 2. The first kappa shape index (κ1) is 10.3. The van der Waals surface area contributed by atoms with Gasteiger partial charge in [0.1, 0.15) is 5.03 Å². The third-order valence-corrected chi connectivity index (χ3v) is 3.31. The Morgan fingerprint density at radius 1 is 1.42 bits per heavy atom. The molecule has 2 nitrogen and oxygen atoms in total. The van der Waals surface area contributed by atoms with Crippen LogP contribution in [0.15, 0.2) is 10.4 Å². The minimum absolute atomic E-state index is 0.892. The molecule has 0 atom stereocenters. The van der Waals surface area contributed by atoms with Crippen LogP contribution in [-0.4, -0.2) is 21.1 Å². The summed E-state index contributed by atoms with van der Waals surface area (Å²) in [6.07, 6.45) is 3.65. The van der Waals surface area contributed by atoms with E-state index in [-0.39, 0.29) is 0 Å². The average molecular weight is 219 g/mol. The molecular weight excluding hydrogens is 208 g/mol. The van der Waals surface area contributed by atoms with Crippen molar-refractivity contribution < 1.29 is 0 Å². The number of hydrogen-bond donors (Lipinski definition) is 0. The number of hydrogen-bond acceptors (Lipinski definition) is 4. The summed E-state index contributed by atoms with van der Waals surface area (Å²) in [5.41, 5.74) is 0. The van der Waals surface area contributed by atoms with Crippen molar-refractivity contribution in [3.05, 3.63) is 5.38 Å². The third kappa shape index (κ3) is 4.33. The number of unbranched alkanes of at least 4 members (excludes halogenated alkanes) is 2. The zero-order valence-electron chi connectivity index (χ0n) is 6.73. The van der Waals surface area contributed by atoms with Crippen LogP contribution in [0, 0.1) is 0 Å². The Bertz CT molecular complexity index is 189. The Morgan fingerprint density at radius 2 is 2.33 bits per heavy atom. The maximum absolute atomic E-state index is 4.85. The zero-order chi connectivity index (χ0) is 8.65. The van der Waals surface area contributed by atoms with Crippen LogP contribution in [0.3, 0.4) is 0 Å². The van der Waals surface area contributed by atoms with Gasteiger partial charge in [-0.25, -0.2) is 0 Å². The van der Waals surface area contributed by atoms with Crippen molar-refractivity contribution in [2.24, 2.45) is 0 Å². The second kappa shape index (κ2) is 6.74. The molecule has 67 valence electrons. The molecule has 0 aliphatic heterocycles. The fourth-order valence-electron chi connectivity index (χ4n) is 0.777. The zero-order valence-corrected chi connectivity index (χ0v) is 9.18. The molecule has 1 rings (SSSR count). The standard InChI is InChI=1S/C7H11N2S3/c10-4-2-1-3-5-11-7-6-12-9-8-7/h6H,1-5H2. The minimum Gasteiger partial charge on any atom is -0.132 e. The Balaban J connectivity index is 1.96. The second-order valence-corrected chi connectivity index (χ2v) is 4.49. The smallest absolute Gasteiger partial charge is 0.131 e. The molecule has 1 aromatic rings. The molecule has 1 heterocycles. The summed E-state index contributed by atoms with van der Waals surface area (Å²) in [5.74, 6) is 2.03. The van der Waals surface area contributed by atoms with Gasteiger partial charge in [-0.15, -0.1) is 16.9 Å². The van der Waals surface area contributed by atoms with Gasteiger partial charge in [0, 0.05) is 11.1 Å². The van der Waals surface area contributed by atoms with Gasteiger partial charge in [-0.3, -0.25) is 0 Å². The van der Waals surface area contributed by atoms with E-state index in [0.29, 0.717) is 0 Å². The summed E-state index contributed by atoms with van der Waals surface area (Å²) < 4.78 is 3.79. The lowest BCUT2D eigenvalue weighted by Crippen LogP contribution is -1.82. The van der Waals surface area contributed by atoms with Gasteiger partial charge in [-0.05, 0) is 30.1 Å². The van der Waals surface area contributed by atoms with Crippen molar-refractivity contribution in [3.8, 4) is 0 Å². The number of rotatable bonds is 6. The highest BCUT2D eigenvalue weighted by atomic mass is 32.2. The molecule has 0 bridgehead atoms. The van der Waals surface area contributed by atoms with Gasteiger partial charge in [0.05, 0.1) is 0 Å². The molecule has 0 unspecified atom stereocenters. The van der Waals surface area contributed by atoms with Crippen LogP contribution < -0.4 is 0 Å². The number of thioether (sulfide) groups is 1. The molecule has 0 saturated carbocycles. The van der Waals surface area contributed by atoms with Crippen molar-refractivity contribution in [2.45, 2.75) is 24.3 Å². The fraction of sp³-hybridized carbons (Fsp3) is 0.714. The minimum atomic E-state index is 0.892. The van der Waals surface area contributed by atoms with Gasteiger partial charge < -0.3 is 0 Å². The van der Waals surface area contributed by atoms with Gasteiger partial charge in [0.25, 0.3) is 0 Å². The maximum Gasteiger partial charge on any atom is 0.131 e. The summed E-state index contributed by atoms with van der Waals surface area (Å²) in [7, 11) is 0. The lowest BCUT2D eigenvalue weighted by Gasteiger charge is -1.95. The Kier molecular flexibility index (Phi) is 5.81. The normalized spacial score (nSPS) is 10.4. The van der Waals surface area contributed by atoms with E-state index in [4.69, 9.17) is 12.6 Å². The quantitative estimate of drug-likeness (QED) is 0.543. The second-order valence-electron chi connectivity index (χ2n) is 2.36. The maximum atomic E-state index is 4.85. The van der Waals surface area contributed by atoms with Crippen LogP contribution in [-0.2, 0) is 0 Å². The summed E-state index contributed by atoms with van der Waals surface area (Å²) in [6.45, 7) is 0. The predicted molar refractivity (Wildman–Crippen MR) is 56.9 cm³/mol. The van der Waals surface area contributed by atoms with Crippen LogP contribution in [0.5, 0.6) is 0 Å². The van der Waals surface area contributed by atoms with E-state index in [1.807, 2.05) is 5.38 Å². The Labute approximate surface area is 86.7 Å². The van der Waals surface area contributed by atoms with Crippen molar-refractivity contribution in [2.75, 3.05) is 11.5 Å². The first-order valence-corrected chi connectivity index (χ1v) is 6.31. The molecule has 5 heteroatoms. The average Bonchev–Trinajstić information content (AvgIpc) is 2.57. The van der Waals surface area contributed by atoms with Gasteiger partial charge in [0.2, 0.25) is 0 Å². The topological polar surface area (TPSA) is 25.8 Å². The number of aromatic nitrogens is 2. The fourth-order valence-corrected chi connectivity index (χ4v) is 2.41. The van der Waals surface area contributed by atoms with E-state index in [1.54, 1.807) is 11.8 Å². The Hall–Kier alpha value is 0.260. The van der Waals surface area contributed by atoms with Crippen LogP contribution in [0.2, 0.25) is 0 Å². The molecule has 12 heavy (non-hydrogen) atoms. The van der Waals surface area contributed by atoms with E-state index in [0.717, 1.165) is 16.5 Å². The van der Waals surface area contributed by atoms with Crippen molar-refractivity contribution in [3.63, 3.8) is 0 Å². The summed E-state index contributed by atoms with van der Waals surface area (Å²) in [5, 5.41) is 6.98. The molecule has 0 aliphatic carbocycles. The molecule has 0 N–H and O–H groups in total. The molecule has 1 radical (unpaired) electrons. The van der Waals surface area contributed by atoms with Gasteiger partial charge in [-0.2, -0.15) is 0 Å². The van der Waals surface area contributed by atoms with E-state index < -0.39 is 0 Å². The molecule has 0 aromatic carbocycles. The largest absolute Gasteiger partial charge is 0.132 e. The van der Waals surface area contributed by atoms with Crippen LogP contribution in [0.4, 0.5) is 0 Å². The lowest BCUT2D eigenvalue weighted by atomic mass is 10.3. The summed E-state index contributed by atoms with van der Waals surface area (Å²) >= 11 is 8.04. The molecular formula is C7H11N2S3. The Morgan fingerprint density at radius 3 is 3.00 bits per heavy atom. The van der Waals surface area contributed by atoms with Crippen molar-refractivity contribution >= 4 is 35.9 Å². The van der Waals surface area contributed by atoms with E-state index in [1.165, 1.54) is 30.8 Å². The summed E-state index contributed by atoms with van der Waals surface area (Å²) in [4.78, 5) is 0. The highest BCUT2D eigenvalue weighted by Gasteiger charge is 1.95. The van der Waals surface area contributed by atoms with Gasteiger partial charge >= 0.3 is 0 Å². The SMILES string of the molecule is [S]CCCCCSc1csnn1. The molecule has 0 amide bonds. The van der Waals surface area contributed by atoms with E-state index in [2.05, 4.69) is 9.59 Å². The van der Waals surface area contributed by atoms with Gasteiger partial charge in [-0.1, -0.05) is 23.5 Å². The van der Waals surface area contributed by atoms with Crippen LogP contribution >= 0.6 is 35.9 Å². The first-order valence-electron chi connectivity index (χ1n) is 3.91. The van der Waals surface area contributed by atoms with E-state index in [9.17, 15) is 0 Å². The summed E-state index contributed by atoms with van der Waals surface area (Å²) in [6, 6.07) is 0. The van der Waals surface area contributed by atoms with E-state index >= 15 is 0 Å². The van der Waals surface area contributed by atoms with Crippen LogP contribution in [0.1, 0.15) is 19.3 Å². The molecule has 0 fully saturated rings. The predicted octanol–water partition coefficient (Wildman–Crippen LogP) is 3.00. The highest BCUT2D eigenvalue weighted by Crippen LogP contribution is 2.17. The highest BCUT2D eigenvalue weighted by molar-refractivity contribution is 7.99. The molecule has 0 aliphatic rings. The van der Waals surface area contributed by atoms with Crippen molar-refractivity contribution in [1.82, 2.24) is 9.59 Å². The van der Waals surface area contributed by atoms with Crippen LogP contribution in [0.25, 0.3) is 0 Å².